The lowest BCUT2D eigenvalue weighted by atomic mass is 9.97. The Morgan fingerprint density at radius 3 is 2.84 bits per heavy atom. The van der Waals surface area contributed by atoms with Gasteiger partial charge >= 0.3 is 5.97 Å². The van der Waals surface area contributed by atoms with E-state index in [4.69, 9.17) is 4.74 Å². The molecule has 2 atom stereocenters. The predicted octanol–water partition coefficient (Wildman–Crippen LogP) is 0.986. The monoisotopic (exact) mass is 261 g/mol. The van der Waals surface area contributed by atoms with Gasteiger partial charge in [-0.2, -0.15) is 0 Å². The molecular weight excluding hydrogens is 246 g/mol. The van der Waals surface area contributed by atoms with E-state index in [1.54, 1.807) is 0 Å². The Balaban J connectivity index is 2.06. The molecular formula is C14H15NO4. The van der Waals surface area contributed by atoms with E-state index in [1.165, 1.54) is 4.90 Å². The number of aliphatic carboxylic acids is 1. The normalized spacial score (nSPS) is 26.3. The number of carbonyl (C=O) groups is 2. The predicted molar refractivity (Wildman–Crippen MR) is 66.6 cm³/mol. The maximum Gasteiger partial charge on any atom is 0.328 e. The third kappa shape index (κ3) is 2.00. The van der Waals surface area contributed by atoms with Crippen LogP contribution in [0.4, 0.5) is 0 Å². The number of hydrogen-bond donors (Lipinski definition) is 1. The first-order valence-electron chi connectivity index (χ1n) is 6.38. The van der Waals surface area contributed by atoms with Crippen molar-refractivity contribution in [2.75, 3.05) is 13.2 Å². The zero-order valence-electron chi connectivity index (χ0n) is 10.4. The molecule has 1 fully saturated rings. The molecule has 2 heterocycles. The highest BCUT2D eigenvalue weighted by atomic mass is 16.5. The highest BCUT2D eigenvalue weighted by Crippen LogP contribution is 2.33. The molecule has 2 unspecified atom stereocenters. The number of ether oxygens (including phenoxy) is 1. The summed E-state index contributed by atoms with van der Waals surface area (Å²) in [4.78, 5) is 25.0. The van der Waals surface area contributed by atoms with Crippen LogP contribution in [0.3, 0.4) is 0 Å². The van der Waals surface area contributed by atoms with Crippen molar-refractivity contribution in [3.63, 3.8) is 0 Å². The molecule has 0 spiro atoms. The number of fused-ring (bicyclic) bond motifs is 3. The topological polar surface area (TPSA) is 66.8 Å². The van der Waals surface area contributed by atoms with E-state index < -0.39 is 12.0 Å². The molecule has 3 rings (SSSR count). The number of carboxylic acids is 1. The number of morpholine rings is 1. The van der Waals surface area contributed by atoms with Crippen molar-refractivity contribution in [2.45, 2.75) is 24.9 Å². The fourth-order valence-electron chi connectivity index (χ4n) is 2.90. The minimum Gasteiger partial charge on any atom is -0.480 e. The summed E-state index contributed by atoms with van der Waals surface area (Å²) in [6.45, 7) is 0.437. The molecule has 1 saturated heterocycles. The van der Waals surface area contributed by atoms with Crippen molar-refractivity contribution in [3.05, 3.63) is 35.4 Å². The Labute approximate surface area is 110 Å². The van der Waals surface area contributed by atoms with Crippen LogP contribution in [0.15, 0.2) is 24.3 Å². The summed E-state index contributed by atoms with van der Waals surface area (Å²) in [6.07, 6.45) is 1.02. The van der Waals surface area contributed by atoms with E-state index in [9.17, 15) is 14.7 Å². The van der Waals surface area contributed by atoms with E-state index in [0.717, 1.165) is 11.1 Å². The fraction of sp³-hybridized carbons (Fsp3) is 0.429. The maximum atomic E-state index is 12.2. The van der Waals surface area contributed by atoms with Gasteiger partial charge in [0.25, 0.3) is 0 Å². The van der Waals surface area contributed by atoms with Crippen LogP contribution >= 0.6 is 0 Å². The van der Waals surface area contributed by atoms with Gasteiger partial charge < -0.3 is 14.7 Å². The van der Waals surface area contributed by atoms with Gasteiger partial charge in [0.2, 0.25) is 5.91 Å². The molecule has 0 radical (unpaired) electrons. The summed E-state index contributed by atoms with van der Waals surface area (Å²) in [5.74, 6) is -1.10. The Morgan fingerprint density at radius 2 is 2.05 bits per heavy atom. The first-order valence-corrected chi connectivity index (χ1v) is 6.38. The van der Waals surface area contributed by atoms with Gasteiger partial charge in [0.1, 0.15) is 0 Å². The highest BCUT2D eigenvalue weighted by Gasteiger charge is 2.41. The van der Waals surface area contributed by atoms with Crippen LogP contribution in [0.5, 0.6) is 0 Å². The zero-order chi connectivity index (χ0) is 13.4. The van der Waals surface area contributed by atoms with Crippen LogP contribution in [0.25, 0.3) is 0 Å². The second-order valence-electron chi connectivity index (χ2n) is 4.91. The first-order chi connectivity index (χ1) is 9.18. The molecule has 2 aliphatic rings. The van der Waals surface area contributed by atoms with E-state index >= 15 is 0 Å². The minimum atomic E-state index is -1.00. The molecule has 5 heteroatoms. The second-order valence-corrected chi connectivity index (χ2v) is 4.91. The van der Waals surface area contributed by atoms with Crippen LogP contribution in [0, 0.1) is 0 Å². The van der Waals surface area contributed by atoms with E-state index in [1.807, 2.05) is 24.3 Å². The molecule has 1 aromatic rings. The molecule has 1 N–H and O–H groups in total. The summed E-state index contributed by atoms with van der Waals surface area (Å²) in [5.41, 5.74) is 2.12. The van der Waals surface area contributed by atoms with E-state index in [0.29, 0.717) is 19.4 Å². The minimum absolute atomic E-state index is 0.0692. The van der Waals surface area contributed by atoms with Gasteiger partial charge in [0, 0.05) is 6.42 Å². The number of amides is 1. The van der Waals surface area contributed by atoms with Gasteiger partial charge in [0.05, 0.1) is 19.3 Å². The Bertz CT molecular complexity index is 528. The van der Waals surface area contributed by atoms with Crippen LogP contribution in [0.2, 0.25) is 0 Å². The largest absolute Gasteiger partial charge is 0.480 e. The number of rotatable bonds is 1. The molecule has 0 aromatic heterocycles. The van der Waals surface area contributed by atoms with Gasteiger partial charge in [-0.25, -0.2) is 4.79 Å². The SMILES string of the molecule is O=C(O)C1COCC2c3ccccc3CCC(=O)N12. The van der Waals surface area contributed by atoms with Crippen LogP contribution < -0.4 is 0 Å². The number of aryl methyl sites for hydroxylation is 1. The van der Waals surface area contributed by atoms with Crippen LogP contribution in [-0.2, 0) is 20.7 Å². The summed E-state index contributed by atoms with van der Waals surface area (Å²) in [5, 5.41) is 9.26. The Hall–Kier alpha value is -1.88. The summed E-state index contributed by atoms with van der Waals surface area (Å²) >= 11 is 0. The molecule has 1 aromatic carbocycles. The Morgan fingerprint density at radius 1 is 1.26 bits per heavy atom. The summed E-state index contributed by atoms with van der Waals surface area (Å²) in [6, 6.07) is 6.66. The third-order valence-corrected chi connectivity index (χ3v) is 3.82. The fourth-order valence-corrected chi connectivity index (χ4v) is 2.90. The first kappa shape index (κ1) is 12.2. The average molecular weight is 261 g/mol. The molecule has 0 aliphatic carbocycles. The molecule has 0 bridgehead atoms. The quantitative estimate of drug-likeness (QED) is 0.818. The second kappa shape index (κ2) is 4.66. The van der Waals surface area contributed by atoms with Crippen molar-refractivity contribution in [1.82, 2.24) is 4.90 Å². The molecule has 2 aliphatic heterocycles. The number of hydrogen-bond acceptors (Lipinski definition) is 3. The van der Waals surface area contributed by atoms with Crippen molar-refractivity contribution in [1.29, 1.82) is 0 Å². The number of carboxylic acid groups (broad SMARTS) is 1. The molecule has 19 heavy (non-hydrogen) atoms. The number of nitrogens with zero attached hydrogens (tertiary/aromatic N) is 1. The average Bonchev–Trinajstić information content (AvgIpc) is 2.57. The lowest BCUT2D eigenvalue weighted by molar-refractivity contribution is -0.163. The summed E-state index contributed by atoms with van der Waals surface area (Å²) < 4.78 is 5.40. The van der Waals surface area contributed by atoms with Crippen LogP contribution in [-0.4, -0.2) is 41.1 Å². The third-order valence-electron chi connectivity index (χ3n) is 3.82. The van der Waals surface area contributed by atoms with Crippen molar-refractivity contribution in [3.8, 4) is 0 Å². The lowest BCUT2D eigenvalue weighted by Crippen LogP contribution is -2.53. The smallest absolute Gasteiger partial charge is 0.328 e. The van der Waals surface area contributed by atoms with E-state index in [2.05, 4.69) is 0 Å². The number of carbonyl (C=O) groups excluding carboxylic acids is 1. The van der Waals surface area contributed by atoms with E-state index in [-0.39, 0.29) is 18.6 Å². The highest BCUT2D eigenvalue weighted by molar-refractivity contribution is 5.85. The molecule has 1 amide bonds. The van der Waals surface area contributed by atoms with Crippen molar-refractivity contribution < 1.29 is 19.4 Å². The van der Waals surface area contributed by atoms with Crippen molar-refractivity contribution >= 4 is 11.9 Å². The number of benzene rings is 1. The zero-order valence-corrected chi connectivity index (χ0v) is 10.4. The van der Waals surface area contributed by atoms with Gasteiger partial charge in [-0.1, -0.05) is 24.3 Å². The molecule has 5 nitrogen and oxygen atoms in total. The molecule has 0 saturated carbocycles. The maximum absolute atomic E-state index is 12.2. The van der Waals surface area contributed by atoms with Gasteiger partial charge in [-0.3, -0.25) is 4.79 Å². The summed E-state index contributed by atoms with van der Waals surface area (Å²) in [7, 11) is 0. The van der Waals surface area contributed by atoms with Gasteiger partial charge in [-0.05, 0) is 17.5 Å². The lowest BCUT2D eigenvalue weighted by Gasteiger charge is -2.39. The van der Waals surface area contributed by atoms with Crippen molar-refractivity contribution in [2.24, 2.45) is 0 Å². The van der Waals surface area contributed by atoms with Crippen LogP contribution in [0.1, 0.15) is 23.6 Å². The Kier molecular flexibility index (Phi) is 2.98. The van der Waals surface area contributed by atoms with Gasteiger partial charge in [-0.15, -0.1) is 0 Å². The standard InChI is InChI=1S/C14H15NO4/c16-13-6-5-9-3-1-2-4-10(9)11-7-19-8-12(14(17)18)15(11)13/h1-4,11-12H,5-8H2,(H,17,18). The molecule has 100 valence electrons. The van der Waals surface area contributed by atoms with Gasteiger partial charge in [0.15, 0.2) is 6.04 Å².